The molecule has 1 aromatic carbocycles. The van der Waals surface area contributed by atoms with E-state index in [4.69, 9.17) is 0 Å². The van der Waals surface area contributed by atoms with Gasteiger partial charge in [-0.3, -0.25) is 0 Å². The highest BCUT2D eigenvalue weighted by Gasteiger charge is 2.19. The first-order valence-corrected chi connectivity index (χ1v) is 6.07. The lowest BCUT2D eigenvalue weighted by Crippen LogP contribution is -2.14. The molecule has 0 aromatic heterocycles. The Morgan fingerprint density at radius 1 is 1.23 bits per heavy atom. The van der Waals surface area contributed by atoms with Crippen LogP contribution in [-0.4, -0.2) is 11.0 Å². The quantitative estimate of drug-likeness (QED) is 0.654. The van der Waals surface area contributed by atoms with Crippen LogP contribution < -0.4 is 0 Å². The van der Waals surface area contributed by atoms with Gasteiger partial charge in [0.05, 0.1) is 0 Å². The van der Waals surface area contributed by atoms with Gasteiger partial charge in [-0.1, -0.05) is 37.3 Å². The Bertz CT molecular complexity index is 255. The van der Waals surface area contributed by atoms with E-state index in [1.807, 2.05) is 0 Å². The van der Waals surface area contributed by atoms with Crippen molar-refractivity contribution in [1.82, 2.24) is 0 Å². The minimum absolute atomic E-state index is 0.817. The van der Waals surface area contributed by atoms with Gasteiger partial charge < -0.3 is 0 Å². The molecule has 2 unspecified atom stereocenters. The van der Waals surface area contributed by atoms with E-state index in [-0.39, 0.29) is 0 Å². The molecule has 0 nitrogen and oxygen atoms in total. The molecule has 1 heterocycles. The second kappa shape index (κ2) is 4.19. The van der Waals surface area contributed by atoms with E-state index >= 15 is 0 Å². The van der Waals surface area contributed by atoms with Crippen LogP contribution in [0, 0.1) is 0 Å². The highest BCUT2D eigenvalue weighted by molar-refractivity contribution is 7.99. The zero-order valence-corrected chi connectivity index (χ0v) is 8.89. The van der Waals surface area contributed by atoms with Crippen molar-refractivity contribution >= 4 is 11.8 Å². The lowest BCUT2D eigenvalue weighted by molar-refractivity contribution is 0.589. The molecule has 0 aliphatic carbocycles. The van der Waals surface area contributed by atoms with Crippen LogP contribution in [0.3, 0.4) is 0 Å². The van der Waals surface area contributed by atoms with E-state index in [1.165, 1.54) is 24.2 Å². The topological polar surface area (TPSA) is 0 Å². The number of thioether (sulfide) groups is 1. The lowest BCUT2D eigenvalue weighted by atomic mass is 9.92. The van der Waals surface area contributed by atoms with Gasteiger partial charge in [-0.2, -0.15) is 11.8 Å². The molecular formula is C12H16S. The van der Waals surface area contributed by atoms with E-state index in [9.17, 15) is 0 Å². The zero-order chi connectivity index (χ0) is 9.10. The SMILES string of the molecule is CC1CC(c2ccccc2)CCS1. The van der Waals surface area contributed by atoms with Crippen LogP contribution in [0.2, 0.25) is 0 Å². The maximum absolute atomic E-state index is 2.35. The number of benzene rings is 1. The molecule has 1 aliphatic rings. The van der Waals surface area contributed by atoms with Crippen molar-refractivity contribution in [2.45, 2.75) is 30.9 Å². The van der Waals surface area contributed by atoms with Gasteiger partial charge in [-0.05, 0) is 30.1 Å². The van der Waals surface area contributed by atoms with Gasteiger partial charge in [-0.15, -0.1) is 0 Å². The monoisotopic (exact) mass is 192 g/mol. The largest absolute Gasteiger partial charge is 0.159 e. The summed E-state index contributed by atoms with van der Waals surface area (Å²) in [7, 11) is 0. The first kappa shape index (κ1) is 9.14. The average molecular weight is 192 g/mol. The standard InChI is InChI=1S/C12H16S/c1-10-9-12(7-8-13-10)11-5-3-2-4-6-11/h2-6,10,12H,7-9H2,1H3. The lowest BCUT2D eigenvalue weighted by Gasteiger charge is -2.26. The molecule has 0 bridgehead atoms. The summed E-state index contributed by atoms with van der Waals surface area (Å²) in [6.45, 7) is 2.35. The summed E-state index contributed by atoms with van der Waals surface area (Å²) in [4.78, 5) is 0. The van der Waals surface area contributed by atoms with Gasteiger partial charge in [0.2, 0.25) is 0 Å². The van der Waals surface area contributed by atoms with Gasteiger partial charge in [0.15, 0.2) is 0 Å². The highest BCUT2D eigenvalue weighted by Crippen LogP contribution is 2.35. The highest BCUT2D eigenvalue weighted by atomic mass is 32.2. The average Bonchev–Trinajstić information content (AvgIpc) is 2.19. The summed E-state index contributed by atoms with van der Waals surface area (Å²) in [5.41, 5.74) is 1.54. The fourth-order valence-electron chi connectivity index (χ4n) is 2.03. The molecule has 1 aromatic rings. The van der Waals surface area contributed by atoms with Gasteiger partial charge in [0, 0.05) is 5.25 Å². The Balaban J connectivity index is 2.08. The predicted octanol–water partition coefficient (Wildman–Crippen LogP) is 3.69. The van der Waals surface area contributed by atoms with Gasteiger partial charge >= 0.3 is 0 Å². The Hall–Kier alpha value is -0.430. The third kappa shape index (κ3) is 2.28. The summed E-state index contributed by atoms with van der Waals surface area (Å²) in [6.07, 6.45) is 2.72. The fourth-order valence-corrected chi connectivity index (χ4v) is 3.22. The van der Waals surface area contributed by atoms with E-state index in [1.54, 1.807) is 0 Å². The van der Waals surface area contributed by atoms with Crippen molar-refractivity contribution in [1.29, 1.82) is 0 Å². The van der Waals surface area contributed by atoms with Gasteiger partial charge in [-0.25, -0.2) is 0 Å². The predicted molar refractivity (Wildman–Crippen MR) is 60.3 cm³/mol. The molecule has 0 radical (unpaired) electrons. The van der Waals surface area contributed by atoms with Crippen LogP contribution in [-0.2, 0) is 0 Å². The molecule has 0 N–H and O–H groups in total. The molecular weight excluding hydrogens is 176 g/mol. The van der Waals surface area contributed by atoms with Crippen molar-refractivity contribution in [3.8, 4) is 0 Å². The van der Waals surface area contributed by atoms with Crippen LogP contribution >= 0.6 is 11.8 Å². The van der Waals surface area contributed by atoms with Crippen LogP contribution in [0.25, 0.3) is 0 Å². The fraction of sp³-hybridized carbons (Fsp3) is 0.500. The Kier molecular flexibility index (Phi) is 2.94. The summed E-state index contributed by atoms with van der Waals surface area (Å²) in [6, 6.07) is 11.0. The molecule has 2 atom stereocenters. The normalized spacial score (nSPS) is 28.7. The number of hydrogen-bond acceptors (Lipinski definition) is 1. The van der Waals surface area contributed by atoms with Crippen LogP contribution in [0.4, 0.5) is 0 Å². The minimum Gasteiger partial charge on any atom is -0.159 e. The molecule has 0 saturated carbocycles. The van der Waals surface area contributed by atoms with Crippen molar-refractivity contribution in [3.63, 3.8) is 0 Å². The molecule has 0 amide bonds. The summed E-state index contributed by atoms with van der Waals surface area (Å²) in [5.74, 6) is 2.15. The summed E-state index contributed by atoms with van der Waals surface area (Å²) in [5, 5.41) is 0.846. The van der Waals surface area contributed by atoms with Crippen molar-refractivity contribution in [3.05, 3.63) is 35.9 Å². The third-order valence-corrected chi connectivity index (χ3v) is 3.99. The summed E-state index contributed by atoms with van der Waals surface area (Å²) < 4.78 is 0. The maximum Gasteiger partial charge on any atom is 0.00245 e. The second-order valence-electron chi connectivity index (χ2n) is 3.81. The van der Waals surface area contributed by atoms with Crippen molar-refractivity contribution < 1.29 is 0 Å². The first-order chi connectivity index (χ1) is 6.36. The van der Waals surface area contributed by atoms with Gasteiger partial charge in [0.25, 0.3) is 0 Å². The Morgan fingerprint density at radius 2 is 2.00 bits per heavy atom. The number of rotatable bonds is 1. The third-order valence-electron chi connectivity index (χ3n) is 2.76. The van der Waals surface area contributed by atoms with Crippen LogP contribution in [0.15, 0.2) is 30.3 Å². The van der Waals surface area contributed by atoms with Crippen LogP contribution in [0.5, 0.6) is 0 Å². The first-order valence-electron chi connectivity index (χ1n) is 5.03. The van der Waals surface area contributed by atoms with Crippen molar-refractivity contribution in [2.24, 2.45) is 0 Å². The smallest absolute Gasteiger partial charge is 0.00245 e. The number of hydrogen-bond donors (Lipinski definition) is 0. The maximum atomic E-state index is 2.35. The van der Waals surface area contributed by atoms with E-state index in [0.717, 1.165) is 11.2 Å². The molecule has 0 spiro atoms. The molecule has 1 saturated heterocycles. The molecule has 2 rings (SSSR count). The van der Waals surface area contributed by atoms with E-state index < -0.39 is 0 Å². The van der Waals surface area contributed by atoms with Crippen molar-refractivity contribution in [2.75, 3.05) is 5.75 Å². The Labute approximate surface area is 84.7 Å². The minimum atomic E-state index is 0.817. The second-order valence-corrected chi connectivity index (χ2v) is 5.36. The molecule has 1 aliphatic heterocycles. The molecule has 13 heavy (non-hydrogen) atoms. The molecule has 1 heteroatoms. The van der Waals surface area contributed by atoms with E-state index in [0.29, 0.717) is 0 Å². The molecule has 70 valence electrons. The summed E-state index contributed by atoms with van der Waals surface area (Å²) >= 11 is 2.12. The zero-order valence-electron chi connectivity index (χ0n) is 8.07. The van der Waals surface area contributed by atoms with E-state index in [2.05, 4.69) is 49.0 Å². The Morgan fingerprint density at radius 3 is 2.69 bits per heavy atom. The molecule has 1 fully saturated rings. The van der Waals surface area contributed by atoms with Crippen LogP contribution in [0.1, 0.15) is 31.2 Å². The van der Waals surface area contributed by atoms with Gasteiger partial charge in [0.1, 0.15) is 0 Å².